The van der Waals surface area contributed by atoms with E-state index in [1.165, 1.54) is 11.9 Å². The fourth-order valence-electron chi connectivity index (χ4n) is 2.02. The van der Waals surface area contributed by atoms with Gasteiger partial charge < -0.3 is 15.4 Å². The molecule has 2 N–H and O–H groups in total. The van der Waals surface area contributed by atoms with Crippen molar-refractivity contribution in [3.63, 3.8) is 0 Å². The SMILES string of the molecule is CNc1ncnc(Nc2ccc(C(C)(C)C)cc2)c1OC. The molecule has 0 aliphatic rings. The summed E-state index contributed by atoms with van der Waals surface area (Å²) in [7, 11) is 3.40. The van der Waals surface area contributed by atoms with Gasteiger partial charge >= 0.3 is 0 Å². The summed E-state index contributed by atoms with van der Waals surface area (Å²) in [5.74, 6) is 1.89. The molecule has 1 heterocycles. The molecule has 1 aromatic heterocycles. The summed E-state index contributed by atoms with van der Waals surface area (Å²) in [5.41, 5.74) is 2.39. The predicted octanol–water partition coefficient (Wildman–Crippen LogP) is 3.57. The van der Waals surface area contributed by atoms with E-state index in [2.05, 4.69) is 53.5 Å². The highest BCUT2D eigenvalue weighted by Gasteiger charge is 2.14. The average molecular weight is 286 g/mol. The Balaban J connectivity index is 2.26. The molecule has 0 atom stereocenters. The van der Waals surface area contributed by atoms with Crippen LogP contribution in [0, 0.1) is 0 Å². The molecule has 0 saturated carbocycles. The van der Waals surface area contributed by atoms with Crippen molar-refractivity contribution in [1.29, 1.82) is 0 Å². The van der Waals surface area contributed by atoms with Crippen LogP contribution in [0.25, 0.3) is 0 Å². The molecule has 0 bridgehead atoms. The van der Waals surface area contributed by atoms with Gasteiger partial charge in [-0.25, -0.2) is 9.97 Å². The fraction of sp³-hybridized carbons (Fsp3) is 0.375. The molecule has 0 aliphatic carbocycles. The van der Waals surface area contributed by atoms with Crippen LogP contribution in [0.15, 0.2) is 30.6 Å². The predicted molar refractivity (Wildman–Crippen MR) is 86.6 cm³/mol. The zero-order valence-corrected chi connectivity index (χ0v) is 13.2. The highest BCUT2D eigenvalue weighted by atomic mass is 16.5. The number of benzene rings is 1. The maximum Gasteiger partial charge on any atom is 0.204 e. The second kappa shape index (κ2) is 5.99. The van der Waals surface area contributed by atoms with Gasteiger partial charge in [-0.15, -0.1) is 0 Å². The van der Waals surface area contributed by atoms with Gasteiger partial charge in [0, 0.05) is 12.7 Å². The lowest BCUT2D eigenvalue weighted by molar-refractivity contribution is 0.415. The number of hydrogen-bond donors (Lipinski definition) is 2. The molecule has 0 spiro atoms. The zero-order valence-electron chi connectivity index (χ0n) is 13.2. The van der Waals surface area contributed by atoms with Crippen molar-refractivity contribution in [2.75, 3.05) is 24.8 Å². The quantitative estimate of drug-likeness (QED) is 0.900. The Morgan fingerprint density at radius 3 is 2.14 bits per heavy atom. The number of nitrogens with one attached hydrogen (secondary N) is 2. The summed E-state index contributed by atoms with van der Waals surface area (Å²) in [4.78, 5) is 8.37. The van der Waals surface area contributed by atoms with E-state index in [4.69, 9.17) is 4.74 Å². The van der Waals surface area contributed by atoms with Crippen LogP contribution in [0.2, 0.25) is 0 Å². The molecule has 0 fully saturated rings. The monoisotopic (exact) mass is 286 g/mol. The molecule has 0 radical (unpaired) electrons. The van der Waals surface area contributed by atoms with Gasteiger partial charge in [-0.3, -0.25) is 0 Å². The van der Waals surface area contributed by atoms with E-state index in [1.54, 1.807) is 14.2 Å². The minimum atomic E-state index is 0.143. The summed E-state index contributed by atoms with van der Waals surface area (Å²) in [6.45, 7) is 6.59. The maximum atomic E-state index is 5.37. The zero-order chi connectivity index (χ0) is 15.5. The topological polar surface area (TPSA) is 59.1 Å². The highest BCUT2D eigenvalue weighted by molar-refractivity contribution is 5.69. The summed E-state index contributed by atoms with van der Waals surface area (Å²) < 4.78 is 5.37. The Morgan fingerprint density at radius 2 is 1.62 bits per heavy atom. The number of anilines is 3. The third kappa shape index (κ3) is 3.42. The van der Waals surface area contributed by atoms with Crippen molar-refractivity contribution in [2.45, 2.75) is 26.2 Å². The van der Waals surface area contributed by atoms with Gasteiger partial charge in [0.05, 0.1) is 7.11 Å². The number of methoxy groups -OCH3 is 1. The Labute approximate surface area is 125 Å². The van der Waals surface area contributed by atoms with E-state index in [1.807, 2.05) is 12.1 Å². The van der Waals surface area contributed by atoms with Crippen LogP contribution in [0.3, 0.4) is 0 Å². The first-order valence-corrected chi connectivity index (χ1v) is 6.90. The van der Waals surface area contributed by atoms with Gasteiger partial charge in [0.25, 0.3) is 0 Å². The van der Waals surface area contributed by atoms with Crippen LogP contribution < -0.4 is 15.4 Å². The van der Waals surface area contributed by atoms with E-state index >= 15 is 0 Å². The van der Waals surface area contributed by atoms with Gasteiger partial charge in [0.2, 0.25) is 5.75 Å². The molecule has 2 aromatic rings. The first-order chi connectivity index (χ1) is 9.95. The maximum absolute atomic E-state index is 5.37. The Bertz CT molecular complexity index is 603. The second-order valence-electron chi connectivity index (χ2n) is 5.81. The number of rotatable bonds is 4. The van der Waals surface area contributed by atoms with E-state index in [0.29, 0.717) is 17.4 Å². The van der Waals surface area contributed by atoms with Gasteiger partial charge in [-0.05, 0) is 23.1 Å². The molecular formula is C16H22N4O. The summed E-state index contributed by atoms with van der Waals surface area (Å²) in [5, 5.41) is 6.25. The summed E-state index contributed by atoms with van der Waals surface area (Å²) in [6, 6.07) is 8.33. The van der Waals surface area contributed by atoms with Crippen LogP contribution in [0.1, 0.15) is 26.3 Å². The first kappa shape index (κ1) is 15.1. The molecule has 0 saturated heterocycles. The van der Waals surface area contributed by atoms with Gasteiger partial charge in [-0.2, -0.15) is 0 Å². The standard InChI is InChI=1S/C16H22N4O/c1-16(2,3)11-6-8-12(9-7-11)20-15-13(21-5)14(17-4)18-10-19-15/h6-10H,1-5H3,(H2,17,18,19,20). The number of aromatic nitrogens is 2. The van der Waals surface area contributed by atoms with Crippen LogP contribution in [-0.4, -0.2) is 24.1 Å². The van der Waals surface area contributed by atoms with Crippen molar-refractivity contribution in [3.05, 3.63) is 36.2 Å². The highest BCUT2D eigenvalue weighted by Crippen LogP contribution is 2.31. The van der Waals surface area contributed by atoms with E-state index in [9.17, 15) is 0 Å². The molecule has 5 heteroatoms. The normalized spacial score (nSPS) is 11.1. The van der Waals surface area contributed by atoms with Crippen molar-refractivity contribution < 1.29 is 4.74 Å². The third-order valence-electron chi connectivity index (χ3n) is 3.26. The summed E-state index contributed by atoms with van der Waals surface area (Å²) in [6.07, 6.45) is 1.50. The molecule has 2 rings (SSSR count). The lowest BCUT2D eigenvalue weighted by Gasteiger charge is -2.19. The van der Waals surface area contributed by atoms with Gasteiger partial charge in [0.15, 0.2) is 11.6 Å². The smallest absolute Gasteiger partial charge is 0.204 e. The molecule has 0 aliphatic heterocycles. The molecule has 1 aromatic carbocycles. The fourth-order valence-corrected chi connectivity index (χ4v) is 2.02. The van der Waals surface area contributed by atoms with E-state index < -0.39 is 0 Å². The van der Waals surface area contributed by atoms with Crippen molar-refractivity contribution in [1.82, 2.24) is 9.97 Å². The lowest BCUT2D eigenvalue weighted by Crippen LogP contribution is -2.10. The molecule has 21 heavy (non-hydrogen) atoms. The second-order valence-corrected chi connectivity index (χ2v) is 5.81. The van der Waals surface area contributed by atoms with E-state index in [0.717, 1.165) is 5.69 Å². The Hall–Kier alpha value is -2.30. The Kier molecular flexibility index (Phi) is 4.31. The van der Waals surface area contributed by atoms with E-state index in [-0.39, 0.29) is 5.41 Å². The van der Waals surface area contributed by atoms with Crippen LogP contribution in [0.5, 0.6) is 5.75 Å². The summed E-state index contributed by atoms with van der Waals surface area (Å²) >= 11 is 0. The molecule has 112 valence electrons. The number of ether oxygens (including phenoxy) is 1. The Morgan fingerprint density at radius 1 is 1.00 bits per heavy atom. The first-order valence-electron chi connectivity index (χ1n) is 6.90. The minimum Gasteiger partial charge on any atom is -0.490 e. The molecule has 0 unspecified atom stereocenters. The number of nitrogens with zero attached hydrogens (tertiary/aromatic N) is 2. The van der Waals surface area contributed by atoms with Crippen molar-refractivity contribution >= 4 is 17.3 Å². The third-order valence-corrected chi connectivity index (χ3v) is 3.26. The van der Waals surface area contributed by atoms with Crippen molar-refractivity contribution in [2.24, 2.45) is 0 Å². The van der Waals surface area contributed by atoms with Crippen LogP contribution in [-0.2, 0) is 5.41 Å². The molecule has 5 nitrogen and oxygen atoms in total. The van der Waals surface area contributed by atoms with Crippen molar-refractivity contribution in [3.8, 4) is 5.75 Å². The van der Waals surface area contributed by atoms with Gasteiger partial charge in [0.1, 0.15) is 6.33 Å². The largest absolute Gasteiger partial charge is 0.490 e. The van der Waals surface area contributed by atoms with Crippen LogP contribution in [0.4, 0.5) is 17.3 Å². The molecule has 0 amide bonds. The van der Waals surface area contributed by atoms with Crippen LogP contribution >= 0.6 is 0 Å². The lowest BCUT2D eigenvalue weighted by atomic mass is 9.87. The molecular weight excluding hydrogens is 264 g/mol. The average Bonchev–Trinajstić information content (AvgIpc) is 2.46. The number of hydrogen-bond acceptors (Lipinski definition) is 5. The van der Waals surface area contributed by atoms with Gasteiger partial charge in [-0.1, -0.05) is 32.9 Å². The minimum absolute atomic E-state index is 0.143.